The minimum absolute atomic E-state index is 0.199. The highest BCUT2D eigenvalue weighted by molar-refractivity contribution is 5.89. The molecule has 23 fully saturated rings. The first-order valence-corrected chi connectivity index (χ1v) is 56.6. The quantitative estimate of drug-likeness (QED) is 0.0560. The number of carbonyl (C=O) groups excluding carboxylic acids is 8. The van der Waals surface area contributed by atoms with Gasteiger partial charge in [0.15, 0.2) is 0 Å². The molecule has 0 radical (unpaired) electrons. The van der Waals surface area contributed by atoms with Gasteiger partial charge in [-0.15, -0.1) is 0 Å². The Morgan fingerprint density at radius 2 is 0.662 bits per heavy atom. The van der Waals surface area contributed by atoms with E-state index >= 15 is 0 Å². The average molecular weight is 1920 g/mol. The maximum absolute atomic E-state index is 11.9. The Balaban J connectivity index is 0.000000134. The van der Waals surface area contributed by atoms with Crippen molar-refractivity contribution >= 4 is 47.8 Å². The van der Waals surface area contributed by atoms with Gasteiger partial charge in [-0.05, 0) is 435 Å². The number of rotatable bonds is 22. The lowest BCUT2D eigenvalue weighted by Crippen LogP contribution is -2.58. The van der Waals surface area contributed by atoms with Crippen molar-refractivity contribution in [2.24, 2.45) is 141 Å². The van der Waals surface area contributed by atoms with Crippen LogP contribution in [0.5, 0.6) is 0 Å². The van der Waals surface area contributed by atoms with Gasteiger partial charge in [-0.2, -0.15) is 0 Å². The number of hydrogen-bond acceptors (Lipinski definition) is 16. The lowest BCUT2D eigenvalue weighted by Gasteiger charge is -2.62. The second-order valence-corrected chi connectivity index (χ2v) is 52.2. The van der Waals surface area contributed by atoms with Crippen LogP contribution in [0.15, 0.2) is 99.2 Å². The molecule has 23 aliphatic carbocycles. The van der Waals surface area contributed by atoms with Crippen LogP contribution in [-0.2, 0) is 76.3 Å². The largest absolute Gasteiger partial charge is 0.456 e. The van der Waals surface area contributed by atoms with Crippen LogP contribution in [0.25, 0.3) is 0 Å². The Hall–Kier alpha value is -6.32. The van der Waals surface area contributed by atoms with E-state index in [4.69, 9.17) is 37.9 Å². The summed E-state index contributed by atoms with van der Waals surface area (Å²) in [6, 6.07) is 0. The topological polar surface area (TPSA) is 210 Å². The Labute approximate surface area is 841 Å². The van der Waals surface area contributed by atoms with Crippen LogP contribution in [0, 0.1) is 141 Å². The summed E-state index contributed by atoms with van der Waals surface area (Å²) in [5.41, 5.74) is 0.740. The first-order chi connectivity index (χ1) is 65.6. The first kappa shape index (κ1) is 110. The van der Waals surface area contributed by atoms with Crippen molar-refractivity contribution in [2.75, 3.05) is 0 Å². The van der Waals surface area contributed by atoms with Crippen LogP contribution in [0.4, 0.5) is 0 Å². The summed E-state index contributed by atoms with van der Waals surface area (Å²) in [4.78, 5) is 93.2. The Kier molecular flexibility index (Phi) is 35.9. The highest BCUT2D eigenvalue weighted by atomic mass is 16.6. The molecule has 0 heterocycles. The van der Waals surface area contributed by atoms with Gasteiger partial charge >= 0.3 is 47.8 Å². The lowest BCUT2D eigenvalue weighted by molar-refractivity contribution is -0.202. The third-order valence-electron chi connectivity index (χ3n) is 41.6. The fourth-order valence-corrected chi connectivity index (χ4v) is 35.4. The second-order valence-electron chi connectivity index (χ2n) is 52.2. The summed E-state index contributed by atoms with van der Waals surface area (Å²) in [5, 5.41) is 0. The molecule has 22 unspecified atom stereocenters. The minimum atomic E-state index is -0.336. The standard InChI is InChI=1S/C19H30O2.C16H24O2.2C15H22O2.2C15H24O2.2C14H22O2/c1-4-6-7-18(3,21-17(20)5-2)19-11-14-8-15(12-19)10-16(9-14)13-19;1-10(2)14(17)18-15(3,4)16-8-11-5-12(9-16)7-13(16)6-11;1-9(2)14(16)17-15(3)8-10-7-13(15)12-6-4-5-11(10)12;1-4-13(16)17-14(2,3)15-8-10-5-11(9-15)7-12(15)6-10;1-11(2)14(16)17-15(3)10-6-8-12-7-4-5-9-13(12)15;1-11(2)14(16)17-15(3)9-8-12-6-4-5-7-13(12)10-15;1-3-13(15)16-14(2)10-6-8-11-7-4-5-9-12(11)14;1-3-13(15)16-14(2)9-8-11-6-4-5-7-12(11)10-14/h5,14-16H,2,4,6-13H2,1,3H3;11-13H,1,5-9H2,2-4H3;10-13H,1,4-8H2,2-3H3;4,10-12H,1,5-9H2,2-3H3;2*12-13H,1,4-10H2,2-3H3;2*3,11-12H,1,4-10H2,2H3. The average Bonchev–Trinajstić information content (AvgIpc) is 1.59. The molecular weight excluding hydrogens is 1730 g/mol. The summed E-state index contributed by atoms with van der Waals surface area (Å²) in [6.07, 6.45) is 71.5. The number of hydrogen-bond donors (Lipinski definition) is 0. The third kappa shape index (κ3) is 25.0. The smallest absolute Gasteiger partial charge is 0.333 e. The fourth-order valence-electron chi connectivity index (χ4n) is 35.4. The van der Waals surface area contributed by atoms with Crippen LogP contribution >= 0.6 is 0 Å². The zero-order valence-corrected chi connectivity index (χ0v) is 89.9. The molecular formula is C123H190O16. The molecule has 14 bridgehead atoms. The summed E-state index contributed by atoms with van der Waals surface area (Å²) >= 11 is 0. The van der Waals surface area contributed by atoms with Crippen LogP contribution in [0.3, 0.4) is 0 Å². The van der Waals surface area contributed by atoms with Crippen LogP contribution in [0.2, 0.25) is 0 Å². The molecule has 16 nitrogen and oxygen atoms in total. The summed E-state index contributed by atoms with van der Waals surface area (Å²) in [7, 11) is 0. The molecule has 0 aromatic carbocycles. The van der Waals surface area contributed by atoms with Crippen molar-refractivity contribution in [1.29, 1.82) is 0 Å². The third-order valence-corrected chi connectivity index (χ3v) is 41.6. The van der Waals surface area contributed by atoms with Gasteiger partial charge in [0.2, 0.25) is 0 Å². The minimum Gasteiger partial charge on any atom is -0.456 e. The van der Waals surface area contributed by atoms with E-state index in [1.54, 1.807) is 27.7 Å². The molecule has 778 valence electrons. The van der Waals surface area contributed by atoms with E-state index < -0.39 is 0 Å². The van der Waals surface area contributed by atoms with E-state index in [2.05, 4.69) is 129 Å². The highest BCUT2D eigenvalue weighted by Gasteiger charge is 2.68. The number of carbonyl (C=O) groups is 8. The van der Waals surface area contributed by atoms with E-state index in [1.165, 1.54) is 294 Å². The van der Waals surface area contributed by atoms with E-state index in [1.807, 2.05) is 0 Å². The Bertz CT molecular complexity index is 4350. The van der Waals surface area contributed by atoms with E-state index in [9.17, 15) is 38.4 Å². The van der Waals surface area contributed by atoms with Gasteiger partial charge in [-0.3, -0.25) is 0 Å². The predicted octanol–water partition coefficient (Wildman–Crippen LogP) is 29.9. The molecule has 23 aliphatic rings. The van der Waals surface area contributed by atoms with Gasteiger partial charge in [0.1, 0.15) is 44.8 Å². The molecule has 0 spiro atoms. The molecule has 22 atom stereocenters. The van der Waals surface area contributed by atoms with Gasteiger partial charge in [-0.25, -0.2) is 38.4 Å². The van der Waals surface area contributed by atoms with Gasteiger partial charge in [0, 0.05) is 80.6 Å². The number of unbranched alkanes of at least 4 members (excludes halogenated alkanes) is 1. The molecule has 0 aliphatic heterocycles. The van der Waals surface area contributed by atoms with Crippen molar-refractivity contribution in [2.45, 2.75) is 483 Å². The summed E-state index contributed by atoms with van der Waals surface area (Å²) < 4.78 is 45.9. The highest BCUT2D eigenvalue weighted by Crippen LogP contribution is 2.72. The van der Waals surface area contributed by atoms with E-state index in [-0.39, 0.29) is 109 Å². The Morgan fingerprint density at radius 1 is 0.309 bits per heavy atom. The Morgan fingerprint density at radius 3 is 1.09 bits per heavy atom. The molecule has 0 N–H and O–H groups in total. The molecule has 0 aromatic heterocycles. The summed E-state index contributed by atoms with van der Waals surface area (Å²) in [6.45, 7) is 59.2. The molecule has 0 amide bonds. The molecule has 0 saturated heterocycles. The van der Waals surface area contributed by atoms with E-state index in [0.717, 1.165) is 171 Å². The molecule has 0 aromatic rings. The van der Waals surface area contributed by atoms with Crippen molar-refractivity contribution in [1.82, 2.24) is 0 Å². The summed E-state index contributed by atoms with van der Waals surface area (Å²) in [5.74, 6) is 15.2. The van der Waals surface area contributed by atoms with Crippen molar-refractivity contribution < 1.29 is 76.3 Å². The molecule has 23 saturated carbocycles. The molecule has 139 heavy (non-hydrogen) atoms. The van der Waals surface area contributed by atoms with Gasteiger partial charge < -0.3 is 37.9 Å². The van der Waals surface area contributed by atoms with Crippen LogP contribution in [-0.4, -0.2) is 92.6 Å². The zero-order valence-electron chi connectivity index (χ0n) is 89.9. The SMILES string of the molecule is C=C(C)C(=O)OC(C)(C)C12CC3CC(CC1C3)C2.C=C(C)C(=O)OC1(C)CC2CC1C1CCCC21.C=C(C)C(=O)OC1(C)CCC2CCCCC2C1.C=C(C)C(=O)OC1(C)CCCC2CCCCC21.C=CC(=O)OC(C)(C)C12CC3CC(CC1C3)C2.C=CC(=O)OC(C)(CCCC)C12CC3CC(CC(C3)C1)C2.C=CC(=O)OC1(C)CCC2CCCCC2C1.C=CC(=O)OC1(C)CCCC2CCCCC21. The predicted molar refractivity (Wildman–Crippen MR) is 554 cm³/mol. The zero-order chi connectivity index (χ0) is 101. The monoisotopic (exact) mass is 1920 g/mol. The first-order valence-electron chi connectivity index (χ1n) is 56.6. The van der Waals surface area contributed by atoms with Crippen molar-refractivity contribution in [3.63, 3.8) is 0 Å². The van der Waals surface area contributed by atoms with Gasteiger partial charge in [0.05, 0.1) is 0 Å². The number of fused-ring (bicyclic) bond motifs is 9. The molecule has 23 rings (SSSR count). The second kappa shape index (κ2) is 45.3. The molecule has 16 heteroatoms. The van der Waals surface area contributed by atoms with Crippen molar-refractivity contribution in [3.8, 4) is 0 Å². The van der Waals surface area contributed by atoms with Gasteiger partial charge in [0.25, 0.3) is 0 Å². The van der Waals surface area contributed by atoms with Crippen LogP contribution < -0.4 is 0 Å². The van der Waals surface area contributed by atoms with Gasteiger partial charge in [-0.1, -0.05) is 162 Å². The number of esters is 8. The van der Waals surface area contributed by atoms with Crippen LogP contribution in [0.1, 0.15) is 438 Å². The number of ether oxygens (including phenoxy) is 8. The van der Waals surface area contributed by atoms with E-state index in [0.29, 0.717) is 40.0 Å². The maximum Gasteiger partial charge on any atom is 0.333 e. The fraction of sp³-hybridized carbons (Fsp3) is 0.805. The maximum atomic E-state index is 11.9. The lowest BCUT2D eigenvalue weighted by atomic mass is 9.45. The van der Waals surface area contributed by atoms with Crippen molar-refractivity contribution in [3.05, 3.63) is 99.2 Å². The normalized spacial score (nSPS) is 40.3.